The van der Waals surface area contributed by atoms with E-state index in [-0.39, 0.29) is 6.10 Å². The monoisotopic (exact) mass is 314 g/mol. The minimum atomic E-state index is -3.38. The van der Waals surface area contributed by atoms with Crippen molar-refractivity contribution >= 4 is 15.7 Å². The molecule has 0 aliphatic heterocycles. The van der Waals surface area contributed by atoms with Crippen LogP contribution in [0.25, 0.3) is 0 Å². The van der Waals surface area contributed by atoms with Crippen molar-refractivity contribution in [2.45, 2.75) is 45.5 Å². The number of rotatable bonds is 9. The number of hydrogen-bond donors (Lipinski definition) is 2. The molecule has 1 atom stereocenters. The maximum atomic E-state index is 12.2. The van der Waals surface area contributed by atoms with Gasteiger partial charge in [0.2, 0.25) is 10.0 Å². The Bertz CT molecular complexity index is 512. The maximum Gasteiger partial charge on any atom is 0.236 e. The molecule has 5 nitrogen and oxygen atoms in total. The van der Waals surface area contributed by atoms with Gasteiger partial charge in [-0.05, 0) is 58.0 Å². The lowest BCUT2D eigenvalue weighted by Crippen LogP contribution is -2.35. The smallest absolute Gasteiger partial charge is 0.236 e. The van der Waals surface area contributed by atoms with Crippen LogP contribution in [0.2, 0.25) is 0 Å². The summed E-state index contributed by atoms with van der Waals surface area (Å²) in [5, 5.41) is 2.63. The molecule has 0 aliphatic carbocycles. The summed E-state index contributed by atoms with van der Waals surface area (Å²) in [5.41, 5.74) is 0.549. The van der Waals surface area contributed by atoms with E-state index in [0.717, 1.165) is 18.7 Å². The highest BCUT2D eigenvalue weighted by Gasteiger charge is 2.20. The van der Waals surface area contributed by atoms with Gasteiger partial charge in [-0.15, -0.1) is 0 Å². The van der Waals surface area contributed by atoms with E-state index in [1.165, 1.54) is 0 Å². The van der Waals surface area contributed by atoms with E-state index in [4.69, 9.17) is 4.74 Å². The quantitative estimate of drug-likeness (QED) is 0.688. The molecule has 0 spiro atoms. The van der Waals surface area contributed by atoms with Crippen molar-refractivity contribution in [3.63, 3.8) is 0 Å². The lowest BCUT2D eigenvalue weighted by molar-refractivity contribution is 0.242. The Labute approximate surface area is 128 Å². The number of hydrogen-bond acceptors (Lipinski definition) is 4. The minimum Gasteiger partial charge on any atom is -0.491 e. The van der Waals surface area contributed by atoms with Gasteiger partial charge in [-0.1, -0.05) is 6.92 Å². The van der Waals surface area contributed by atoms with Gasteiger partial charge < -0.3 is 10.1 Å². The van der Waals surface area contributed by atoms with Gasteiger partial charge in [-0.3, -0.25) is 4.72 Å². The van der Waals surface area contributed by atoms with Gasteiger partial charge in [-0.25, -0.2) is 8.42 Å². The van der Waals surface area contributed by atoms with Crippen LogP contribution in [-0.4, -0.2) is 32.9 Å². The molecule has 0 aliphatic rings. The number of ether oxygens (including phenoxy) is 1. The number of nitrogens with one attached hydrogen (secondary N) is 2. The summed E-state index contributed by atoms with van der Waals surface area (Å²) in [6, 6.07) is 6.94. The minimum absolute atomic E-state index is 0.0946. The predicted molar refractivity (Wildman–Crippen MR) is 87.4 cm³/mol. The van der Waals surface area contributed by atoms with Gasteiger partial charge in [0.1, 0.15) is 5.75 Å². The van der Waals surface area contributed by atoms with E-state index >= 15 is 0 Å². The molecule has 0 amide bonds. The first-order valence-corrected chi connectivity index (χ1v) is 8.89. The van der Waals surface area contributed by atoms with E-state index in [0.29, 0.717) is 12.2 Å². The Hall–Kier alpha value is -1.27. The van der Waals surface area contributed by atoms with Crippen LogP contribution in [0.4, 0.5) is 5.69 Å². The summed E-state index contributed by atoms with van der Waals surface area (Å²) in [5.74, 6) is 0.727. The van der Waals surface area contributed by atoms with Crippen LogP contribution < -0.4 is 14.8 Å². The largest absolute Gasteiger partial charge is 0.491 e. The first-order valence-electron chi connectivity index (χ1n) is 7.34. The molecule has 6 heteroatoms. The third kappa shape index (κ3) is 6.35. The van der Waals surface area contributed by atoms with Crippen LogP contribution >= 0.6 is 0 Å². The van der Waals surface area contributed by atoms with Crippen molar-refractivity contribution in [1.82, 2.24) is 5.32 Å². The standard InChI is InChI=1S/C15H26N2O3S/c1-5-10-16-11-13(4)21(18,19)17-14-6-8-15(9-7-14)20-12(2)3/h6-9,12-13,16-17H,5,10-11H2,1-4H3. The average Bonchev–Trinajstić information content (AvgIpc) is 2.40. The molecule has 0 aromatic heterocycles. The Morgan fingerprint density at radius 1 is 1.14 bits per heavy atom. The Morgan fingerprint density at radius 2 is 1.76 bits per heavy atom. The van der Waals surface area contributed by atoms with Gasteiger partial charge in [0.05, 0.1) is 11.4 Å². The fraction of sp³-hybridized carbons (Fsp3) is 0.600. The van der Waals surface area contributed by atoms with Crippen molar-refractivity contribution in [2.75, 3.05) is 17.8 Å². The zero-order chi connectivity index (χ0) is 15.9. The van der Waals surface area contributed by atoms with Crippen LogP contribution in [0.3, 0.4) is 0 Å². The molecule has 0 heterocycles. The Kier molecular flexibility index (Phi) is 6.98. The topological polar surface area (TPSA) is 67.4 Å². The van der Waals surface area contributed by atoms with Gasteiger partial charge in [0, 0.05) is 12.2 Å². The van der Waals surface area contributed by atoms with Gasteiger partial charge >= 0.3 is 0 Å². The van der Waals surface area contributed by atoms with Crippen LogP contribution in [0.1, 0.15) is 34.1 Å². The fourth-order valence-corrected chi connectivity index (χ4v) is 2.73. The molecule has 2 N–H and O–H groups in total. The summed E-state index contributed by atoms with van der Waals surface area (Å²) in [6.07, 6.45) is 1.08. The third-order valence-electron chi connectivity index (χ3n) is 2.87. The fourth-order valence-electron chi connectivity index (χ4n) is 1.73. The highest BCUT2D eigenvalue weighted by Crippen LogP contribution is 2.18. The Balaban J connectivity index is 2.62. The molecule has 0 radical (unpaired) electrons. The lowest BCUT2D eigenvalue weighted by atomic mass is 10.3. The van der Waals surface area contributed by atoms with E-state index in [1.54, 1.807) is 31.2 Å². The van der Waals surface area contributed by atoms with Crippen molar-refractivity contribution in [1.29, 1.82) is 0 Å². The average molecular weight is 314 g/mol. The molecule has 0 saturated heterocycles. The Morgan fingerprint density at radius 3 is 2.29 bits per heavy atom. The molecular weight excluding hydrogens is 288 g/mol. The first-order chi connectivity index (χ1) is 9.85. The first kappa shape index (κ1) is 17.8. The maximum absolute atomic E-state index is 12.2. The normalized spacial score (nSPS) is 13.2. The molecule has 1 aromatic carbocycles. The summed E-state index contributed by atoms with van der Waals surface area (Å²) < 4.78 is 32.5. The molecular formula is C15H26N2O3S. The zero-order valence-corrected chi connectivity index (χ0v) is 14.0. The molecule has 1 aromatic rings. The zero-order valence-electron chi connectivity index (χ0n) is 13.2. The number of sulfonamides is 1. The summed E-state index contributed by atoms with van der Waals surface area (Å²) in [4.78, 5) is 0. The summed E-state index contributed by atoms with van der Waals surface area (Å²) in [6.45, 7) is 8.90. The van der Waals surface area contributed by atoms with Crippen LogP contribution in [0.15, 0.2) is 24.3 Å². The van der Waals surface area contributed by atoms with E-state index < -0.39 is 15.3 Å². The van der Waals surface area contributed by atoms with Crippen molar-refractivity contribution < 1.29 is 13.2 Å². The predicted octanol–water partition coefficient (Wildman–Crippen LogP) is 2.60. The van der Waals surface area contributed by atoms with Crippen LogP contribution in [-0.2, 0) is 10.0 Å². The highest BCUT2D eigenvalue weighted by molar-refractivity contribution is 7.93. The molecule has 0 fully saturated rings. The second-order valence-electron chi connectivity index (χ2n) is 5.35. The molecule has 0 saturated carbocycles. The van der Waals surface area contributed by atoms with Gasteiger partial charge in [0.15, 0.2) is 0 Å². The molecule has 1 rings (SSSR count). The second-order valence-corrected chi connectivity index (χ2v) is 7.45. The summed E-state index contributed by atoms with van der Waals surface area (Å²) >= 11 is 0. The molecule has 120 valence electrons. The molecule has 1 unspecified atom stereocenters. The number of benzene rings is 1. The third-order valence-corrected chi connectivity index (χ3v) is 4.62. The number of anilines is 1. The van der Waals surface area contributed by atoms with Crippen LogP contribution in [0.5, 0.6) is 5.75 Å². The van der Waals surface area contributed by atoms with Crippen LogP contribution in [0, 0.1) is 0 Å². The van der Waals surface area contributed by atoms with Crippen molar-refractivity contribution in [3.05, 3.63) is 24.3 Å². The van der Waals surface area contributed by atoms with E-state index in [9.17, 15) is 8.42 Å². The summed E-state index contributed by atoms with van der Waals surface area (Å²) in [7, 11) is -3.38. The second kappa shape index (κ2) is 8.24. The van der Waals surface area contributed by atoms with Gasteiger partial charge in [-0.2, -0.15) is 0 Å². The van der Waals surface area contributed by atoms with Gasteiger partial charge in [0.25, 0.3) is 0 Å². The lowest BCUT2D eigenvalue weighted by Gasteiger charge is -2.16. The highest BCUT2D eigenvalue weighted by atomic mass is 32.2. The SMILES string of the molecule is CCCNCC(C)S(=O)(=O)Nc1ccc(OC(C)C)cc1. The van der Waals surface area contributed by atoms with E-state index in [1.807, 2.05) is 20.8 Å². The molecule has 0 bridgehead atoms. The van der Waals surface area contributed by atoms with Crippen molar-refractivity contribution in [3.8, 4) is 5.75 Å². The van der Waals surface area contributed by atoms with Crippen molar-refractivity contribution in [2.24, 2.45) is 0 Å². The molecule has 21 heavy (non-hydrogen) atoms. The van der Waals surface area contributed by atoms with E-state index in [2.05, 4.69) is 10.0 Å².